The molecule has 0 spiro atoms. The summed E-state index contributed by atoms with van der Waals surface area (Å²) in [6.07, 6.45) is 3.02. The topological polar surface area (TPSA) is 30.2 Å². The fraction of sp³-hybridized carbons (Fsp3) is 0. The molecule has 0 aliphatic heterocycles. The fourth-order valence-electron chi connectivity index (χ4n) is 0.679. The normalized spacial score (nSPS) is 7.71. The van der Waals surface area contributed by atoms with Crippen molar-refractivity contribution in [2.75, 3.05) is 0 Å². The number of rotatable bonds is 1. The van der Waals surface area contributed by atoms with Crippen LogP contribution in [0.15, 0.2) is 53.1 Å². The predicted molar refractivity (Wildman–Crippen MR) is 48.8 cm³/mol. The third-order valence-corrected chi connectivity index (χ3v) is 1.23. The number of furan rings is 1. The number of carbonyl (C=O) groups excluding carboxylic acids is 1. The van der Waals surface area contributed by atoms with Crippen LogP contribution in [0.3, 0.4) is 0 Å². The first kappa shape index (κ1) is 13.3. The molecule has 0 fully saturated rings. The van der Waals surface area contributed by atoms with Crippen LogP contribution in [0.25, 0.3) is 0 Å². The smallest absolute Gasteiger partial charge is 0.0690 e. The molecule has 0 amide bonds. The maximum absolute atomic E-state index is 9.65. The Balaban J connectivity index is 0.000000227. The van der Waals surface area contributed by atoms with Crippen molar-refractivity contribution in [2.24, 2.45) is 0 Å². The van der Waals surface area contributed by atoms with Crippen molar-refractivity contribution in [3.8, 4) is 0 Å². The van der Waals surface area contributed by atoms with Crippen LogP contribution in [0.5, 0.6) is 0 Å². The van der Waals surface area contributed by atoms with Gasteiger partial charge in [0.1, 0.15) is 0 Å². The average Bonchev–Trinajstić information content (AvgIpc) is 2.74. The van der Waals surface area contributed by atoms with Crippen LogP contribution in [0.1, 0.15) is 5.76 Å². The molecule has 2 rings (SSSR count). The Kier molecular flexibility index (Phi) is 8.39. The zero-order chi connectivity index (χ0) is 9.36. The van der Waals surface area contributed by atoms with E-state index in [0.29, 0.717) is 0 Å². The van der Waals surface area contributed by atoms with Crippen LogP contribution in [0.4, 0.5) is 0 Å². The molecule has 1 heterocycles. The van der Waals surface area contributed by atoms with E-state index in [-0.39, 0.29) is 38.5 Å². The minimum atomic E-state index is 0. The molecule has 0 N–H and O–H groups in total. The Morgan fingerprint density at radius 2 is 1.86 bits per heavy atom. The Morgan fingerprint density at radius 3 is 2.07 bits per heavy atom. The van der Waals surface area contributed by atoms with E-state index in [2.05, 4.69) is 10.5 Å². The van der Waals surface area contributed by atoms with Crippen LogP contribution in [-0.4, -0.2) is 6.29 Å². The van der Waals surface area contributed by atoms with Gasteiger partial charge in [-0.2, -0.15) is 42.5 Å². The van der Waals surface area contributed by atoms with Crippen molar-refractivity contribution in [1.82, 2.24) is 0 Å². The monoisotopic (exact) mass is 261 g/mol. The molecule has 0 saturated carbocycles. The van der Waals surface area contributed by atoms with Crippen molar-refractivity contribution in [1.29, 1.82) is 0 Å². The first-order chi connectivity index (χ1) is 6.43. The molecule has 0 bridgehead atoms. The Labute approximate surface area is 108 Å². The summed E-state index contributed by atoms with van der Waals surface area (Å²) < 4.78 is 4.56. The second kappa shape index (κ2) is 8.85. The minimum absolute atomic E-state index is 0. The molecule has 1 aromatic heterocycles. The van der Waals surface area contributed by atoms with Crippen LogP contribution in [-0.2, 0) is 37.5 Å². The van der Waals surface area contributed by atoms with Gasteiger partial charge in [-0.25, -0.2) is 0 Å². The summed E-state index contributed by atoms with van der Waals surface area (Å²) >= 11 is 0. The van der Waals surface area contributed by atoms with Gasteiger partial charge in [0.15, 0.2) is 0 Å². The van der Waals surface area contributed by atoms with Crippen LogP contribution < -0.4 is 0 Å². The second-order valence-corrected chi connectivity index (χ2v) is 2.16. The van der Waals surface area contributed by atoms with Crippen LogP contribution in [0.2, 0.25) is 0 Å². The molecule has 2 nitrogen and oxygen atoms in total. The molecule has 2 aromatic rings. The third-order valence-electron chi connectivity index (χ3n) is 1.23. The molecule has 69 valence electrons. The van der Waals surface area contributed by atoms with E-state index in [0.717, 1.165) is 0 Å². The second-order valence-electron chi connectivity index (χ2n) is 2.16. The molecule has 14 heavy (non-hydrogen) atoms. The van der Waals surface area contributed by atoms with Crippen molar-refractivity contribution in [2.45, 2.75) is 0 Å². The van der Waals surface area contributed by atoms with Crippen LogP contribution in [0, 0.1) is 6.07 Å². The molecule has 1 radical (unpaired) electrons. The van der Waals surface area contributed by atoms with Gasteiger partial charge in [0.25, 0.3) is 0 Å². The number of hydrogen-bond acceptors (Lipinski definition) is 2. The summed E-state index contributed by atoms with van der Waals surface area (Å²) in [5.41, 5.74) is 0. The van der Waals surface area contributed by atoms with Gasteiger partial charge in [0, 0.05) is 39.0 Å². The zero-order valence-corrected chi connectivity index (χ0v) is 10.4. The molecule has 0 saturated heterocycles. The van der Waals surface area contributed by atoms with Gasteiger partial charge in [0.05, 0.1) is 6.26 Å². The third kappa shape index (κ3) is 5.84. The maximum atomic E-state index is 9.65. The molecular weight excluding hydrogens is 253 g/mol. The zero-order valence-electron chi connectivity index (χ0n) is 7.51. The van der Waals surface area contributed by atoms with Gasteiger partial charge in [-0.05, 0) is 5.76 Å². The van der Waals surface area contributed by atoms with E-state index in [1.165, 1.54) is 6.26 Å². The minimum Gasteiger partial charge on any atom is -0.501 e. The first-order valence-corrected chi connectivity index (χ1v) is 3.76. The van der Waals surface area contributed by atoms with Crippen molar-refractivity contribution in [3.63, 3.8) is 0 Å². The van der Waals surface area contributed by atoms with E-state index in [1.54, 1.807) is 18.4 Å². The van der Waals surface area contributed by atoms with Gasteiger partial charge in [-0.3, -0.25) is 0 Å². The van der Waals surface area contributed by atoms with E-state index in [9.17, 15) is 4.79 Å². The largest absolute Gasteiger partial charge is 0.501 e. The van der Waals surface area contributed by atoms with E-state index < -0.39 is 0 Å². The molecule has 0 unspecified atom stereocenters. The van der Waals surface area contributed by atoms with Crippen molar-refractivity contribution < 1.29 is 41.9 Å². The van der Waals surface area contributed by atoms with Crippen molar-refractivity contribution >= 4 is 6.29 Å². The fourth-order valence-corrected chi connectivity index (χ4v) is 0.679. The Hall–Kier alpha value is -0.726. The van der Waals surface area contributed by atoms with Crippen molar-refractivity contribution in [3.05, 3.63) is 60.6 Å². The molecule has 3 heteroatoms. The van der Waals surface area contributed by atoms with Gasteiger partial charge < -0.3 is 9.21 Å². The Bertz CT molecular complexity index is 290. The summed E-state index contributed by atoms with van der Waals surface area (Å²) in [5.74, 6) is 0.250. The molecule has 1 aromatic carbocycles. The summed E-state index contributed by atoms with van der Waals surface area (Å²) in [4.78, 5) is 9.65. The van der Waals surface area contributed by atoms with Gasteiger partial charge in [0.2, 0.25) is 0 Å². The van der Waals surface area contributed by atoms with E-state index >= 15 is 0 Å². The van der Waals surface area contributed by atoms with Gasteiger partial charge in [-0.15, -0.1) is 6.07 Å². The number of benzene rings is 1. The van der Waals surface area contributed by atoms with Crippen LogP contribution >= 0.6 is 0 Å². The average molecular weight is 261 g/mol. The van der Waals surface area contributed by atoms with Gasteiger partial charge >= 0.3 is 0 Å². The molecule has 0 aliphatic rings. The SMILES string of the molecule is O=[C-]c1ccco1.[Y].[c-]1ccccc1. The summed E-state index contributed by atoms with van der Waals surface area (Å²) in [5, 5.41) is 0. The quantitative estimate of drug-likeness (QED) is 0.737. The molecule has 0 atom stereocenters. The molecular formula is C11H8O2Y-2. The Morgan fingerprint density at radius 1 is 1.14 bits per heavy atom. The van der Waals surface area contributed by atoms with E-state index in [4.69, 9.17) is 0 Å². The summed E-state index contributed by atoms with van der Waals surface area (Å²) in [6, 6.07) is 15.7. The summed E-state index contributed by atoms with van der Waals surface area (Å²) in [7, 11) is 0. The summed E-state index contributed by atoms with van der Waals surface area (Å²) in [6.45, 7) is 0. The predicted octanol–water partition coefficient (Wildman–Crippen LogP) is 2.22. The first-order valence-electron chi connectivity index (χ1n) is 3.76. The molecule has 0 aliphatic carbocycles. The maximum Gasteiger partial charge on any atom is 0.0690 e. The van der Waals surface area contributed by atoms with E-state index in [1.807, 2.05) is 30.3 Å². The number of hydrogen-bond donors (Lipinski definition) is 0. The standard InChI is InChI=1S/C6H5.C5H3O2.Y/c1-2-4-6-5-3-1;6-4-5-2-1-3-7-5;/h1-5H;1-3H;/q2*-1;. The van der Waals surface area contributed by atoms with Gasteiger partial charge in [-0.1, -0.05) is 0 Å².